The Hall–Kier alpha value is -1.36. The number of nitrogens with zero attached hydrogens (tertiary/aromatic N) is 1. The Labute approximate surface area is 138 Å². The fourth-order valence-corrected chi connectivity index (χ4v) is 6.15. The van der Waals surface area contributed by atoms with Gasteiger partial charge in [-0.2, -0.15) is 4.31 Å². The monoisotopic (exact) mass is 355 g/mol. The van der Waals surface area contributed by atoms with Crippen molar-refractivity contribution in [3.8, 4) is 12.3 Å². The topological polar surface area (TPSA) is 71.5 Å². The molecule has 2 rings (SSSR count). The van der Waals surface area contributed by atoms with E-state index in [0.29, 0.717) is 0 Å². The fourth-order valence-electron chi connectivity index (χ4n) is 2.75. The van der Waals surface area contributed by atoms with Gasteiger partial charge in [0.25, 0.3) is 0 Å². The second-order valence-electron chi connectivity index (χ2n) is 5.71. The lowest BCUT2D eigenvalue weighted by Gasteiger charge is -2.25. The Bertz CT molecular complexity index is 789. The van der Waals surface area contributed by atoms with Crippen molar-refractivity contribution in [1.29, 1.82) is 0 Å². The Balaban J connectivity index is 2.32. The van der Waals surface area contributed by atoms with Crippen LogP contribution in [0.3, 0.4) is 0 Å². The third-order valence-electron chi connectivity index (χ3n) is 3.93. The van der Waals surface area contributed by atoms with Gasteiger partial charge in [0, 0.05) is 6.04 Å². The molecule has 0 bridgehead atoms. The molecule has 0 amide bonds. The van der Waals surface area contributed by atoms with Crippen molar-refractivity contribution in [2.75, 3.05) is 18.1 Å². The predicted molar refractivity (Wildman–Crippen MR) is 90.2 cm³/mol. The average molecular weight is 355 g/mol. The third kappa shape index (κ3) is 4.14. The normalized spacial score (nSPS) is 20.5. The highest BCUT2D eigenvalue weighted by molar-refractivity contribution is 7.92. The average Bonchev–Trinajstić information content (AvgIpc) is 2.85. The molecule has 0 aromatic heterocycles. The lowest BCUT2D eigenvalue weighted by atomic mass is 10.1. The largest absolute Gasteiger partial charge is 0.244 e. The second kappa shape index (κ2) is 7.04. The first-order valence-corrected chi connectivity index (χ1v) is 10.8. The summed E-state index contributed by atoms with van der Waals surface area (Å²) in [5.74, 6) is 2.17. The van der Waals surface area contributed by atoms with E-state index < -0.39 is 25.9 Å². The lowest BCUT2D eigenvalue weighted by molar-refractivity contribution is 0.371. The lowest BCUT2D eigenvalue weighted by Crippen LogP contribution is -2.41. The molecule has 1 unspecified atom stereocenters. The van der Waals surface area contributed by atoms with E-state index in [9.17, 15) is 16.8 Å². The van der Waals surface area contributed by atoms with Crippen LogP contribution >= 0.6 is 0 Å². The minimum atomic E-state index is -3.80. The van der Waals surface area contributed by atoms with Crippen molar-refractivity contribution in [1.82, 2.24) is 4.31 Å². The van der Waals surface area contributed by atoms with Gasteiger partial charge in [-0.25, -0.2) is 16.8 Å². The highest BCUT2D eigenvalue weighted by Crippen LogP contribution is 2.25. The van der Waals surface area contributed by atoms with Crippen LogP contribution in [-0.2, 0) is 26.3 Å². The standard InChI is InChI=1S/C16H21NO4S2/c1-3-5-14-6-8-16(9-7-14)23(20,21)17(11-4-2)15-10-12-22(18,19)13-15/h2,6-9,15H,3,5,10-13H2,1H3. The van der Waals surface area contributed by atoms with Gasteiger partial charge in [-0.1, -0.05) is 31.4 Å². The van der Waals surface area contributed by atoms with Crippen LogP contribution in [0.5, 0.6) is 0 Å². The Morgan fingerprint density at radius 2 is 1.96 bits per heavy atom. The van der Waals surface area contributed by atoms with Crippen molar-refractivity contribution in [2.45, 2.75) is 37.1 Å². The summed E-state index contributed by atoms with van der Waals surface area (Å²) in [6.45, 7) is 1.93. The van der Waals surface area contributed by atoms with Crippen molar-refractivity contribution >= 4 is 19.9 Å². The van der Waals surface area contributed by atoms with Gasteiger partial charge < -0.3 is 0 Å². The van der Waals surface area contributed by atoms with Crippen molar-refractivity contribution in [3.05, 3.63) is 29.8 Å². The van der Waals surface area contributed by atoms with E-state index in [1.807, 2.05) is 0 Å². The molecule has 126 valence electrons. The van der Waals surface area contributed by atoms with E-state index in [0.717, 1.165) is 22.7 Å². The molecular weight excluding hydrogens is 334 g/mol. The molecule has 0 N–H and O–H groups in total. The first-order valence-electron chi connectivity index (χ1n) is 7.55. The van der Waals surface area contributed by atoms with Crippen LogP contribution in [0.4, 0.5) is 0 Å². The van der Waals surface area contributed by atoms with Gasteiger partial charge in [0.05, 0.1) is 22.9 Å². The van der Waals surface area contributed by atoms with E-state index in [1.54, 1.807) is 24.3 Å². The van der Waals surface area contributed by atoms with E-state index in [2.05, 4.69) is 12.8 Å². The van der Waals surface area contributed by atoms with Crippen LogP contribution in [0.1, 0.15) is 25.3 Å². The SMILES string of the molecule is C#CCN(C1CCS(=O)(=O)C1)S(=O)(=O)c1ccc(CCC)cc1. The zero-order chi connectivity index (χ0) is 17.1. The predicted octanol–water partition coefficient (Wildman–Crippen LogP) is 1.45. The van der Waals surface area contributed by atoms with Crippen LogP contribution in [0.15, 0.2) is 29.2 Å². The van der Waals surface area contributed by atoms with Crippen LogP contribution in [-0.4, -0.2) is 45.2 Å². The molecule has 0 aliphatic carbocycles. The summed E-state index contributed by atoms with van der Waals surface area (Å²) in [5.41, 5.74) is 1.07. The molecule has 1 saturated heterocycles. The number of sulfone groups is 1. The number of hydrogen-bond donors (Lipinski definition) is 0. The van der Waals surface area contributed by atoms with Gasteiger partial charge in [0.1, 0.15) is 0 Å². The summed E-state index contributed by atoms with van der Waals surface area (Å²) in [5, 5.41) is 0. The highest BCUT2D eigenvalue weighted by atomic mass is 32.2. The maximum absolute atomic E-state index is 12.8. The summed E-state index contributed by atoms with van der Waals surface area (Å²) in [6, 6.07) is 6.11. The summed E-state index contributed by atoms with van der Waals surface area (Å²) in [4.78, 5) is 0.150. The number of benzene rings is 1. The molecule has 1 aliphatic heterocycles. The van der Waals surface area contributed by atoms with Crippen LogP contribution < -0.4 is 0 Å². The van der Waals surface area contributed by atoms with E-state index in [1.165, 1.54) is 0 Å². The number of hydrogen-bond acceptors (Lipinski definition) is 4. The maximum Gasteiger partial charge on any atom is 0.244 e. The molecule has 1 aliphatic rings. The summed E-state index contributed by atoms with van der Waals surface area (Å²) < 4.78 is 50.1. The molecule has 1 aromatic rings. The van der Waals surface area contributed by atoms with Gasteiger partial charge in [-0.15, -0.1) is 6.42 Å². The summed E-state index contributed by atoms with van der Waals surface area (Å²) in [6.07, 6.45) is 7.45. The first kappa shape index (κ1) is 18.0. The zero-order valence-corrected chi connectivity index (χ0v) is 14.7. The Morgan fingerprint density at radius 3 is 2.43 bits per heavy atom. The fraction of sp³-hybridized carbons (Fsp3) is 0.500. The van der Waals surface area contributed by atoms with Gasteiger partial charge in [0.15, 0.2) is 9.84 Å². The molecule has 1 aromatic carbocycles. The number of aryl methyl sites for hydroxylation is 1. The molecule has 1 heterocycles. The van der Waals surface area contributed by atoms with E-state index in [-0.39, 0.29) is 29.4 Å². The van der Waals surface area contributed by atoms with E-state index >= 15 is 0 Å². The number of sulfonamides is 1. The second-order valence-corrected chi connectivity index (χ2v) is 9.82. The molecule has 1 atom stereocenters. The molecule has 23 heavy (non-hydrogen) atoms. The minimum absolute atomic E-state index is 0.00367. The quantitative estimate of drug-likeness (QED) is 0.724. The van der Waals surface area contributed by atoms with Crippen molar-refractivity contribution < 1.29 is 16.8 Å². The molecule has 0 radical (unpaired) electrons. The molecular formula is C16H21NO4S2. The molecule has 0 saturated carbocycles. The zero-order valence-electron chi connectivity index (χ0n) is 13.1. The van der Waals surface area contributed by atoms with Crippen molar-refractivity contribution in [3.63, 3.8) is 0 Å². The van der Waals surface area contributed by atoms with Crippen LogP contribution in [0.2, 0.25) is 0 Å². The van der Waals surface area contributed by atoms with Gasteiger partial charge >= 0.3 is 0 Å². The van der Waals surface area contributed by atoms with Crippen LogP contribution in [0, 0.1) is 12.3 Å². The van der Waals surface area contributed by atoms with Crippen molar-refractivity contribution in [2.24, 2.45) is 0 Å². The molecule has 0 spiro atoms. The third-order valence-corrected chi connectivity index (χ3v) is 7.59. The molecule has 5 nitrogen and oxygen atoms in total. The maximum atomic E-state index is 12.8. The van der Waals surface area contributed by atoms with Gasteiger partial charge in [0.2, 0.25) is 10.0 Å². The van der Waals surface area contributed by atoms with Gasteiger partial charge in [-0.3, -0.25) is 0 Å². The summed E-state index contributed by atoms with van der Waals surface area (Å²) in [7, 11) is -6.99. The Morgan fingerprint density at radius 1 is 1.30 bits per heavy atom. The number of rotatable bonds is 6. The Kier molecular flexibility index (Phi) is 5.50. The number of terminal acetylenes is 1. The highest BCUT2D eigenvalue weighted by Gasteiger charge is 2.38. The molecule has 7 heteroatoms. The minimum Gasteiger partial charge on any atom is -0.229 e. The molecule has 1 fully saturated rings. The van der Waals surface area contributed by atoms with Crippen LogP contribution in [0.25, 0.3) is 0 Å². The van der Waals surface area contributed by atoms with Gasteiger partial charge in [-0.05, 0) is 30.5 Å². The summed E-state index contributed by atoms with van der Waals surface area (Å²) >= 11 is 0. The van der Waals surface area contributed by atoms with E-state index in [4.69, 9.17) is 6.42 Å². The first-order chi connectivity index (χ1) is 10.8. The smallest absolute Gasteiger partial charge is 0.229 e.